The third kappa shape index (κ3) is 3.73. The first kappa shape index (κ1) is 15.3. The number of non-ortho nitro benzene ring substituents is 1. The van der Waals surface area contributed by atoms with Crippen molar-refractivity contribution < 1.29 is 14.8 Å². The molecule has 0 radical (unpaired) electrons. The van der Waals surface area contributed by atoms with Gasteiger partial charge in [-0.15, -0.1) is 0 Å². The highest BCUT2D eigenvalue weighted by atomic mass is 32.1. The van der Waals surface area contributed by atoms with Crippen LogP contribution in [0.25, 0.3) is 0 Å². The average molecular weight is 318 g/mol. The van der Waals surface area contributed by atoms with Crippen LogP contribution in [-0.4, -0.2) is 26.0 Å². The molecule has 0 unspecified atom stereocenters. The number of nitro benzene ring substituents is 1. The van der Waals surface area contributed by atoms with Crippen LogP contribution in [0.3, 0.4) is 0 Å². The number of thiocarbonyl (C=S) groups is 1. The Balaban J connectivity index is 2.03. The van der Waals surface area contributed by atoms with Crippen molar-refractivity contribution in [1.29, 1.82) is 0 Å². The summed E-state index contributed by atoms with van der Waals surface area (Å²) < 4.78 is 0. The number of nitro groups is 1. The molecule has 1 aromatic heterocycles. The van der Waals surface area contributed by atoms with Crippen molar-refractivity contribution in [2.75, 3.05) is 5.32 Å². The molecule has 0 saturated heterocycles. The van der Waals surface area contributed by atoms with Gasteiger partial charge < -0.3 is 10.4 Å². The summed E-state index contributed by atoms with van der Waals surface area (Å²) in [5.74, 6) is -0.820. The Hall–Kier alpha value is -3.07. The maximum absolute atomic E-state index is 11.8. The molecule has 22 heavy (non-hydrogen) atoms. The predicted molar refractivity (Wildman–Crippen MR) is 82.7 cm³/mol. The van der Waals surface area contributed by atoms with Crippen molar-refractivity contribution in [3.8, 4) is 5.75 Å². The van der Waals surface area contributed by atoms with E-state index in [-0.39, 0.29) is 22.2 Å². The maximum atomic E-state index is 11.8. The lowest BCUT2D eigenvalue weighted by molar-refractivity contribution is -0.384. The number of carbonyl (C=O) groups is 1. The van der Waals surface area contributed by atoms with Gasteiger partial charge in [0.05, 0.1) is 22.2 Å². The van der Waals surface area contributed by atoms with E-state index in [4.69, 9.17) is 12.2 Å². The van der Waals surface area contributed by atoms with Crippen LogP contribution in [0.4, 0.5) is 11.4 Å². The second-order valence-electron chi connectivity index (χ2n) is 4.11. The number of nitrogens with one attached hydrogen (secondary N) is 2. The monoisotopic (exact) mass is 318 g/mol. The molecule has 3 N–H and O–H groups in total. The van der Waals surface area contributed by atoms with E-state index in [1.165, 1.54) is 24.5 Å². The van der Waals surface area contributed by atoms with Crippen molar-refractivity contribution in [2.45, 2.75) is 0 Å². The molecule has 0 aliphatic heterocycles. The molecule has 0 aliphatic rings. The zero-order valence-electron chi connectivity index (χ0n) is 11.0. The van der Waals surface area contributed by atoms with Gasteiger partial charge in [0, 0.05) is 18.5 Å². The van der Waals surface area contributed by atoms with Gasteiger partial charge in [-0.05, 0) is 30.4 Å². The van der Waals surface area contributed by atoms with Crippen LogP contribution in [0.2, 0.25) is 0 Å². The summed E-state index contributed by atoms with van der Waals surface area (Å²) in [6.07, 6.45) is 2.91. The first-order chi connectivity index (χ1) is 10.5. The molecule has 112 valence electrons. The Bertz CT molecular complexity index is 736. The van der Waals surface area contributed by atoms with Gasteiger partial charge in [0.15, 0.2) is 5.11 Å². The minimum atomic E-state index is -0.633. The number of amides is 1. The largest absolute Gasteiger partial charge is 0.506 e. The van der Waals surface area contributed by atoms with Crippen molar-refractivity contribution >= 4 is 34.6 Å². The van der Waals surface area contributed by atoms with Crippen LogP contribution in [0.5, 0.6) is 5.75 Å². The summed E-state index contributed by atoms with van der Waals surface area (Å²) >= 11 is 4.95. The van der Waals surface area contributed by atoms with Gasteiger partial charge in [0.25, 0.3) is 11.6 Å². The van der Waals surface area contributed by atoms with Crippen LogP contribution >= 0.6 is 12.2 Å². The summed E-state index contributed by atoms with van der Waals surface area (Å²) in [5.41, 5.74) is 0.204. The lowest BCUT2D eigenvalue weighted by Crippen LogP contribution is -2.34. The first-order valence-electron chi connectivity index (χ1n) is 5.97. The minimum Gasteiger partial charge on any atom is -0.506 e. The van der Waals surface area contributed by atoms with Gasteiger partial charge in [-0.3, -0.25) is 25.2 Å². The van der Waals surface area contributed by atoms with Crippen molar-refractivity contribution in [3.05, 3.63) is 58.4 Å². The predicted octanol–water partition coefficient (Wildman–Crippen LogP) is 1.82. The fourth-order valence-electron chi connectivity index (χ4n) is 1.57. The highest BCUT2D eigenvalue weighted by molar-refractivity contribution is 7.80. The van der Waals surface area contributed by atoms with E-state index in [1.807, 2.05) is 0 Å². The zero-order valence-corrected chi connectivity index (χ0v) is 11.8. The molecule has 1 heterocycles. The molecule has 1 amide bonds. The SMILES string of the molecule is O=C(NC(=S)Nc1ccc([N+](=O)[O-])cc1O)c1cccnc1. The molecule has 8 nitrogen and oxygen atoms in total. The highest BCUT2D eigenvalue weighted by Gasteiger charge is 2.12. The van der Waals surface area contributed by atoms with Gasteiger partial charge in [-0.25, -0.2) is 0 Å². The van der Waals surface area contributed by atoms with Gasteiger partial charge in [0.1, 0.15) is 5.75 Å². The average Bonchev–Trinajstić information content (AvgIpc) is 2.50. The van der Waals surface area contributed by atoms with Crippen LogP contribution in [0.15, 0.2) is 42.7 Å². The highest BCUT2D eigenvalue weighted by Crippen LogP contribution is 2.27. The molecule has 0 atom stereocenters. The van der Waals surface area contributed by atoms with E-state index in [0.717, 1.165) is 6.07 Å². The number of aromatic hydroxyl groups is 1. The lowest BCUT2D eigenvalue weighted by Gasteiger charge is -2.10. The van der Waals surface area contributed by atoms with Crippen LogP contribution in [-0.2, 0) is 0 Å². The van der Waals surface area contributed by atoms with Crippen LogP contribution in [0, 0.1) is 10.1 Å². The summed E-state index contributed by atoms with van der Waals surface area (Å²) in [6, 6.07) is 6.64. The second kappa shape index (κ2) is 6.59. The second-order valence-corrected chi connectivity index (χ2v) is 4.52. The molecule has 2 aromatic rings. The number of benzene rings is 1. The minimum absolute atomic E-state index is 0.0574. The quantitative estimate of drug-likeness (QED) is 0.342. The third-order valence-corrected chi connectivity index (χ3v) is 2.80. The van der Waals surface area contributed by atoms with Gasteiger partial charge in [-0.1, -0.05) is 0 Å². The molecule has 9 heteroatoms. The summed E-state index contributed by atoms with van der Waals surface area (Å²) in [7, 11) is 0. The number of nitrogens with zero attached hydrogens (tertiary/aromatic N) is 2. The molecule has 0 bridgehead atoms. The summed E-state index contributed by atoms with van der Waals surface area (Å²) in [5, 5.41) is 25.2. The topological polar surface area (TPSA) is 117 Å². The Morgan fingerprint density at radius 2 is 2.14 bits per heavy atom. The number of carbonyl (C=O) groups excluding carboxylic acids is 1. The molecule has 2 rings (SSSR count). The zero-order chi connectivity index (χ0) is 16.1. The summed E-state index contributed by atoms with van der Waals surface area (Å²) in [6.45, 7) is 0. The number of hydrogen-bond acceptors (Lipinski definition) is 6. The van der Waals surface area contributed by atoms with Gasteiger partial charge >= 0.3 is 0 Å². The third-order valence-electron chi connectivity index (χ3n) is 2.59. The Morgan fingerprint density at radius 1 is 1.36 bits per heavy atom. The molecule has 0 aliphatic carbocycles. The normalized spacial score (nSPS) is 9.82. The molecule has 1 aromatic carbocycles. The van der Waals surface area contributed by atoms with Crippen molar-refractivity contribution in [1.82, 2.24) is 10.3 Å². The summed E-state index contributed by atoms with van der Waals surface area (Å²) in [4.78, 5) is 25.6. The number of pyridine rings is 1. The lowest BCUT2D eigenvalue weighted by atomic mass is 10.2. The Morgan fingerprint density at radius 3 is 2.73 bits per heavy atom. The molecule has 0 fully saturated rings. The Labute approximate surface area is 130 Å². The number of aromatic nitrogens is 1. The van der Waals surface area contributed by atoms with Crippen molar-refractivity contribution in [3.63, 3.8) is 0 Å². The van der Waals surface area contributed by atoms with E-state index < -0.39 is 10.8 Å². The molecular weight excluding hydrogens is 308 g/mol. The van der Waals surface area contributed by atoms with E-state index in [1.54, 1.807) is 12.1 Å². The van der Waals surface area contributed by atoms with E-state index in [9.17, 15) is 20.0 Å². The van der Waals surface area contributed by atoms with E-state index >= 15 is 0 Å². The molecular formula is C13H10N4O4S. The first-order valence-corrected chi connectivity index (χ1v) is 6.38. The van der Waals surface area contributed by atoms with Crippen molar-refractivity contribution in [2.24, 2.45) is 0 Å². The standard InChI is InChI=1S/C13H10N4O4S/c18-11-6-9(17(20)21)3-4-10(11)15-13(22)16-12(19)8-2-1-5-14-7-8/h1-7,18H,(H2,15,16,19,22). The molecule has 0 spiro atoms. The number of hydrogen-bond donors (Lipinski definition) is 3. The molecule has 0 saturated carbocycles. The van der Waals surface area contributed by atoms with Crippen LogP contribution < -0.4 is 10.6 Å². The van der Waals surface area contributed by atoms with E-state index in [2.05, 4.69) is 15.6 Å². The van der Waals surface area contributed by atoms with E-state index in [0.29, 0.717) is 5.56 Å². The number of rotatable bonds is 3. The van der Waals surface area contributed by atoms with Gasteiger partial charge in [-0.2, -0.15) is 0 Å². The Kier molecular flexibility index (Phi) is 4.59. The maximum Gasteiger partial charge on any atom is 0.273 e. The fraction of sp³-hybridized carbons (Fsp3) is 0. The van der Waals surface area contributed by atoms with Crippen LogP contribution in [0.1, 0.15) is 10.4 Å². The number of phenolic OH excluding ortho intramolecular Hbond substituents is 1. The number of anilines is 1. The number of phenols is 1. The van der Waals surface area contributed by atoms with Gasteiger partial charge in [0.2, 0.25) is 0 Å². The fourth-order valence-corrected chi connectivity index (χ4v) is 1.77. The smallest absolute Gasteiger partial charge is 0.273 e.